The molecule has 6 N–H and O–H groups in total. The van der Waals surface area contributed by atoms with Crippen molar-refractivity contribution in [3.63, 3.8) is 0 Å². The zero-order valence-electron chi connectivity index (χ0n) is 21.1. The average molecular weight is 626 g/mol. The molecule has 0 saturated carbocycles. The fourth-order valence-electron chi connectivity index (χ4n) is 3.47. The van der Waals surface area contributed by atoms with E-state index in [1.165, 1.54) is 35.4 Å². The standard InChI is InChI=1S/C16H15N5O7S2.C7H8O3S/c1-2-6-4-29-14-10(13(25)21(14)11(6)15(26)27)19-12(24)9(20-28-3-8(22)23)7-5-30-16(17)18-7;1-6-2-4-7(5-3-6)11(8,9)10/h2,5,10,14H,1,3-4H2,(H2,17,18)(H,19,24)(H,22,23)(H,26,27);2-5H,1H3,(H,8,9,10)/b20-9-;/t10-,14-;/m1./s1. The number of β-lactam (4-membered cyclic amide) rings is 1. The van der Waals surface area contributed by atoms with Crippen LogP contribution in [0.25, 0.3) is 0 Å². The number of hydrogen-bond acceptors (Lipinski definition) is 12. The first-order valence-corrected chi connectivity index (χ1v) is 14.6. The normalized spacial score (nSPS) is 18.3. The van der Waals surface area contributed by atoms with Gasteiger partial charge >= 0.3 is 11.9 Å². The summed E-state index contributed by atoms with van der Waals surface area (Å²) in [6, 6.07) is 4.98. The number of thioether (sulfide) groups is 1. The monoisotopic (exact) mass is 625 g/mol. The van der Waals surface area contributed by atoms with E-state index in [0.29, 0.717) is 11.3 Å². The number of hydrogen-bond donors (Lipinski definition) is 5. The van der Waals surface area contributed by atoms with Crippen molar-refractivity contribution in [1.29, 1.82) is 0 Å². The number of oxime groups is 1. The van der Waals surface area contributed by atoms with Crippen LogP contribution in [0.3, 0.4) is 0 Å². The first-order chi connectivity index (χ1) is 19.2. The first-order valence-electron chi connectivity index (χ1n) is 11.3. The molecule has 1 aromatic heterocycles. The van der Waals surface area contributed by atoms with Gasteiger partial charge in [0.05, 0.1) is 4.90 Å². The van der Waals surface area contributed by atoms with E-state index in [1.807, 2.05) is 6.92 Å². The predicted octanol–water partition coefficient (Wildman–Crippen LogP) is 0.697. The molecular formula is C23H23N5O10S3. The number of carboxylic acid groups (broad SMARTS) is 2. The minimum atomic E-state index is -4.02. The summed E-state index contributed by atoms with van der Waals surface area (Å²) >= 11 is 2.30. The van der Waals surface area contributed by atoms with Crippen LogP contribution in [0.15, 0.2) is 63.6 Å². The van der Waals surface area contributed by atoms with Gasteiger partial charge in [-0.25, -0.2) is 14.6 Å². The fraction of sp³-hybridized carbons (Fsp3) is 0.217. The lowest BCUT2D eigenvalue weighted by Gasteiger charge is -2.49. The van der Waals surface area contributed by atoms with Crippen LogP contribution in [0.4, 0.5) is 5.13 Å². The third kappa shape index (κ3) is 7.48. The molecule has 0 radical (unpaired) electrons. The van der Waals surface area contributed by atoms with Crippen molar-refractivity contribution < 1.29 is 47.2 Å². The second-order valence-electron chi connectivity index (χ2n) is 8.21. The number of amides is 2. The largest absolute Gasteiger partial charge is 0.479 e. The molecule has 2 aliphatic heterocycles. The summed E-state index contributed by atoms with van der Waals surface area (Å²) in [6.07, 6.45) is 1.38. The maximum atomic E-state index is 12.7. The lowest BCUT2D eigenvalue weighted by atomic mass is 10.0. The highest BCUT2D eigenvalue weighted by molar-refractivity contribution is 8.00. The Kier molecular flexibility index (Phi) is 9.87. The average Bonchev–Trinajstić information content (AvgIpc) is 3.34. The van der Waals surface area contributed by atoms with Crippen LogP contribution in [-0.2, 0) is 34.1 Å². The lowest BCUT2D eigenvalue weighted by molar-refractivity contribution is -0.150. The van der Waals surface area contributed by atoms with Crippen molar-refractivity contribution in [2.24, 2.45) is 5.16 Å². The van der Waals surface area contributed by atoms with Crippen molar-refractivity contribution in [3.05, 3.63) is 64.8 Å². The summed E-state index contributed by atoms with van der Waals surface area (Å²) in [5.41, 5.74) is 6.43. The number of aryl methyl sites for hydroxylation is 1. The van der Waals surface area contributed by atoms with Gasteiger partial charge in [0, 0.05) is 11.1 Å². The van der Waals surface area contributed by atoms with E-state index in [-0.39, 0.29) is 27.1 Å². The SMILES string of the molecule is C=CC1=C(C(=O)O)N2C(=O)[C@@H](NC(=O)/C(=N\OCC(=O)O)c3csc(N)n3)[C@H]2SC1.Cc1ccc(S(=O)(=O)O)cc1. The molecule has 218 valence electrons. The minimum Gasteiger partial charge on any atom is -0.479 e. The van der Waals surface area contributed by atoms with Gasteiger partial charge in [0.15, 0.2) is 10.8 Å². The zero-order valence-corrected chi connectivity index (χ0v) is 23.5. The Morgan fingerprint density at radius 3 is 2.46 bits per heavy atom. The van der Waals surface area contributed by atoms with E-state index >= 15 is 0 Å². The van der Waals surface area contributed by atoms with Gasteiger partial charge in [0.2, 0.25) is 6.61 Å². The van der Waals surface area contributed by atoms with Crippen LogP contribution in [0.2, 0.25) is 0 Å². The number of aromatic nitrogens is 1. The Morgan fingerprint density at radius 1 is 1.29 bits per heavy atom. The van der Waals surface area contributed by atoms with Crippen LogP contribution in [0.5, 0.6) is 0 Å². The van der Waals surface area contributed by atoms with E-state index in [4.69, 9.17) is 15.4 Å². The predicted molar refractivity (Wildman–Crippen MR) is 148 cm³/mol. The number of rotatable bonds is 9. The van der Waals surface area contributed by atoms with Gasteiger partial charge in [-0.2, -0.15) is 8.42 Å². The molecule has 1 aromatic carbocycles. The number of carbonyl (C=O) groups excluding carboxylic acids is 2. The highest BCUT2D eigenvalue weighted by atomic mass is 32.2. The molecule has 2 amide bonds. The van der Waals surface area contributed by atoms with Crippen molar-refractivity contribution in [2.75, 3.05) is 18.1 Å². The summed E-state index contributed by atoms with van der Waals surface area (Å²) in [6.45, 7) is 4.61. The molecule has 0 bridgehead atoms. The Hall–Kier alpha value is -4.26. The van der Waals surface area contributed by atoms with E-state index < -0.39 is 51.9 Å². The quantitative estimate of drug-likeness (QED) is 0.112. The van der Waals surface area contributed by atoms with E-state index in [1.54, 1.807) is 12.1 Å². The Bertz CT molecular complexity index is 1550. The van der Waals surface area contributed by atoms with Crippen molar-refractivity contribution >= 4 is 67.8 Å². The minimum absolute atomic E-state index is 0.0420. The van der Waals surface area contributed by atoms with Crippen LogP contribution in [-0.4, -0.2) is 86.3 Å². The lowest BCUT2D eigenvalue weighted by Crippen LogP contribution is -2.71. The third-order valence-corrected chi connectivity index (χ3v) is 8.22. The molecule has 1 saturated heterocycles. The van der Waals surface area contributed by atoms with Crippen LogP contribution in [0.1, 0.15) is 11.3 Å². The summed E-state index contributed by atoms with van der Waals surface area (Å²) in [4.78, 5) is 57.0. The second kappa shape index (κ2) is 12.9. The molecule has 0 aliphatic carbocycles. The van der Waals surface area contributed by atoms with E-state index in [2.05, 4.69) is 26.9 Å². The van der Waals surface area contributed by atoms with Gasteiger partial charge < -0.3 is 26.1 Å². The Morgan fingerprint density at radius 2 is 1.95 bits per heavy atom. The summed E-state index contributed by atoms with van der Waals surface area (Å²) in [5, 5.41) is 25.0. The van der Waals surface area contributed by atoms with Gasteiger partial charge in [-0.15, -0.1) is 23.1 Å². The fourth-order valence-corrected chi connectivity index (χ4v) is 5.84. The second-order valence-corrected chi connectivity index (χ2v) is 11.6. The first kappa shape index (κ1) is 31.3. The number of thiazole rings is 1. The van der Waals surface area contributed by atoms with Gasteiger partial charge in [-0.1, -0.05) is 35.5 Å². The number of benzene rings is 1. The topological polar surface area (TPSA) is 239 Å². The van der Waals surface area contributed by atoms with Gasteiger partial charge in [0.1, 0.15) is 22.8 Å². The van der Waals surface area contributed by atoms with Gasteiger partial charge in [-0.05, 0) is 24.6 Å². The molecule has 3 heterocycles. The zero-order chi connectivity index (χ0) is 30.5. The third-order valence-electron chi connectivity index (χ3n) is 5.38. The Labute approximate surface area is 241 Å². The van der Waals surface area contributed by atoms with Crippen molar-refractivity contribution in [1.82, 2.24) is 15.2 Å². The summed E-state index contributed by atoms with van der Waals surface area (Å²) < 4.78 is 29.6. The van der Waals surface area contributed by atoms with Crippen LogP contribution in [0, 0.1) is 6.92 Å². The van der Waals surface area contributed by atoms with Gasteiger partial charge in [-0.3, -0.25) is 19.0 Å². The number of nitrogens with one attached hydrogen (secondary N) is 1. The number of nitrogens with zero attached hydrogens (tertiary/aromatic N) is 3. The Balaban J connectivity index is 0.000000352. The van der Waals surface area contributed by atoms with E-state index in [0.717, 1.165) is 21.8 Å². The number of allylic oxidation sites excluding steroid dienone is 1. The molecule has 15 nitrogen and oxygen atoms in total. The molecule has 2 aromatic rings. The smallest absolute Gasteiger partial charge is 0.352 e. The molecular weight excluding hydrogens is 602 g/mol. The number of nitrogens with two attached hydrogens (primary N) is 1. The number of anilines is 1. The van der Waals surface area contributed by atoms with Crippen LogP contribution < -0.4 is 11.1 Å². The highest BCUT2D eigenvalue weighted by Crippen LogP contribution is 2.40. The van der Waals surface area contributed by atoms with E-state index in [9.17, 15) is 32.7 Å². The molecule has 0 unspecified atom stereocenters. The molecule has 18 heteroatoms. The molecule has 41 heavy (non-hydrogen) atoms. The van der Waals surface area contributed by atoms with Crippen LogP contribution >= 0.6 is 23.1 Å². The summed E-state index contributed by atoms with van der Waals surface area (Å²) in [7, 11) is -4.02. The van der Waals surface area contributed by atoms with Crippen molar-refractivity contribution in [3.8, 4) is 0 Å². The maximum Gasteiger partial charge on any atom is 0.352 e. The maximum absolute atomic E-state index is 12.7. The molecule has 2 aliphatic rings. The number of carboxylic acids is 2. The summed E-state index contributed by atoms with van der Waals surface area (Å²) in [5.74, 6) is -3.72. The molecule has 2 atom stereocenters. The highest BCUT2D eigenvalue weighted by Gasteiger charge is 2.54. The van der Waals surface area contributed by atoms with Crippen molar-refractivity contribution in [2.45, 2.75) is 23.2 Å². The van der Waals surface area contributed by atoms with Gasteiger partial charge in [0.25, 0.3) is 21.9 Å². The molecule has 1 fully saturated rings. The number of fused-ring (bicyclic) bond motifs is 1. The number of aliphatic carboxylic acids is 2. The number of carbonyl (C=O) groups is 4. The molecule has 0 spiro atoms. The number of nitrogen functional groups attached to an aromatic ring is 1. The molecule has 4 rings (SSSR count).